The predicted molar refractivity (Wildman–Crippen MR) is 97.0 cm³/mol. The van der Waals surface area contributed by atoms with Gasteiger partial charge in [-0.1, -0.05) is 29.3 Å². The molecule has 0 radical (unpaired) electrons. The minimum Gasteiger partial charge on any atom is -0.477 e. The Balaban J connectivity index is 2.01. The lowest BCUT2D eigenvalue weighted by Crippen LogP contribution is -2.31. The normalized spacial score (nSPS) is 11.5. The summed E-state index contributed by atoms with van der Waals surface area (Å²) in [4.78, 5) is 33.1. The van der Waals surface area contributed by atoms with Gasteiger partial charge in [-0.15, -0.1) is 0 Å². The van der Waals surface area contributed by atoms with Gasteiger partial charge in [0.1, 0.15) is 6.29 Å². The molecule has 0 bridgehead atoms. The molecule has 0 aliphatic carbocycles. The van der Waals surface area contributed by atoms with Gasteiger partial charge in [0.15, 0.2) is 12.4 Å². The Hall–Kier alpha value is -2.64. The number of hydrogen-bond donors (Lipinski definition) is 1. The zero-order valence-electron chi connectivity index (χ0n) is 13.6. The van der Waals surface area contributed by atoms with Crippen LogP contribution in [0.3, 0.4) is 0 Å². The quantitative estimate of drug-likeness (QED) is 0.433. The molecule has 2 aromatic carbocycles. The minimum atomic E-state index is -0.682. The number of nitro benzene ring substituents is 1. The van der Waals surface area contributed by atoms with E-state index in [1.54, 1.807) is 25.1 Å². The summed E-state index contributed by atoms with van der Waals surface area (Å²) in [5, 5.41) is 14.5. The van der Waals surface area contributed by atoms with Crippen molar-refractivity contribution in [3.63, 3.8) is 0 Å². The van der Waals surface area contributed by atoms with Gasteiger partial charge >= 0.3 is 5.69 Å². The van der Waals surface area contributed by atoms with Gasteiger partial charge in [-0.3, -0.25) is 19.7 Å². The SMILES string of the molecule is C[C@H](NC(=O)COc1ccc(C=O)cc1[N+](=O)[O-])c1ccc(Cl)c(Cl)c1. The summed E-state index contributed by atoms with van der Waals surface area (Å²) in [5.41, 5.74) is 0.496. The maximum absolute atomic E-state index is 12.0. The van der Waals surface area contributed by atoms with E-state index in [0.717, 1.165) is 11.6 Å². The molecule has 0 aromatic heterocycles. The van der Waals surface area contributed by atoms with E-state index in [0.29, 0.717) is 16.3 Å². The first-order valence-corrected chi connectivity index (χ1v) is 8.18. The van der Waals surface area contributed by atoms with Crippen LogP contribution in [-0.2, 0) is 4.79 Å². The molecule has 1 N–H and O–H groups in total. The molecule has 1 atom stereocenters. The number of benzene rings is 2. The van der Waals surface area contributed by atoms with Gasteiger partial charge in [0.05, 0.1) is 21.0 Å². The maximum Gasteiger partial charge on any atom is 0.311 e. The Morgan fingerprint density at radius 2 is 2.00 bits per heavy atom. The molecule has 0 saturated heterocycles. The monoisotopic (exact) mass is 396 g/mol. The second-order valence-corrected chi connectivity index (χ2v) is 6.17. The summed E-state index contributed by atoms with van der Waals surface area (Å²) in [6.45, 7) is 1.33. The first-order chi connectivity index (χ1) is 12.3. The van der Waals surface area contributed by atoms with Crippen LogP contribution in [0, 0.1) is 10.1 Å². The molecule has 0 saturated carbocycles. The molecular formula is C17H14Cl2N2O5. The van der Waals surface area contributed by atoms with Crippen molar-refractivity contribution in [1.82, 2.24) is 5.32 Å². The number of halogens is 2. The average molecular weight is 397 g/mol. The number of hydrogen-bond acceptors (Lipinski definition) is 5. The molecule has 26 heavy (non-hydrogen) atoms. The maximum atomic E-state index is 12.0. The Bertz CT molecular complexity index is 857. The van der Waals surface area contributed by atoms with Gasteiger partial charge < -0.3 is 10.1 Å². The second-order valence-electron chi connectivity index (χ2n) is 5.35. The highest BCUT2D eigenvalue weighted by Crippen LogP contribution is 2.28. The summed E-state index contributed by atoms with van der Waals surface area (Å²) in [7, 11) is 0. The third-order valence-corrected chi connectivity index (χ3v) is 4.23. The number of nitro groups is 1. The number of carbonyl (C=O) groups excluding carboxylic acids is 2. The van der Waals surface area contributed by atoms with Gasteiger partial charge in [0, 0.05) is 11.6 Å². The van der Waals surface area contributed by atoms with Crippen molar-refractivity contribution in [3.8, 4) is 5.75 Å². The highest BCUT2D eigenvalue weighted by molar-refractivity contribution is 6.42. The van der Waals surface area contributed by atoms with E-state index in [4.69, 9.17) is 27.9 Å². The van der Waals surface area contributed by atoms with Crippen LogP contribution >= 0.6 is 23.2 Å². The van der Waals surface area contributed by atoms with Crippen molar-refractivity contribution in [1.29, 1.82) is 0 Å². The Morgan fingerprint density at radius 1 is 1.27 bits per heavy atom. The first-order valence-electron chi connectivity index (χ1n) is 7.42. The molecule has 0 aliphatic rings. The fraction of sp³-hybridized carbons (Fsp3) is 0.176. The van der Waals surface area contributed by atoms with Crippen LogP contribution in [0.5, 0.6) is 5.75 Å². The van der Waals surface area contributed by atoms with E-state index in [-0.39, 0.29) is 23.0 Å². The van der Waals surface area contributed by atoms with E-state index < -0.39 is 17.4 Å². The molecule has 9 heteroatoms. The van der Waals surface area contributed by atoms with E-state index >= 15 is 0 Å². The van der Waals surface area contributed by atoms with Crippen molar-refractivity contribution in [2.24, 2.45) is 0 Å². The molecule has 136 valence electrons. The summed E-state index contributed by atoms with van der Waals surface area (Å²) in [6.07, 6.45) is 0.489. The van der Waals surface area contributed by atoms with Gasteiger partial charge in [0.2, 0.25) is 0 Å². The summed E-state index contributed by atoms with van der Waals surface area (Å²) in [6, 6.07) is 8.34. The number of ether oxygens (including phenoxy) is 1. The Morgan fingerprint density at radius 3 is 2.62 bits per heavy atom. The molecule has 0 spiro atoms. The lowest BCUT2D eigenvalue weighted by molar-refractivity contribution is -0.385. The third-order valence-electron chi connectivity index (χ3n) is 3.50. The smallest absolute Gasteiger partial charge is 0.311 e. The minimum absolute atomic E-state index is 0.0991. The van der Waals surface area contributed by atoms with Crippen LogP contribution in [0.25, 0.3) is 0 Å². The summed E-state index contributed by atoms with van der Waals surface area (Å²) >= 11 is 11.8. The fourth-order valence-corrected chi connectivity index (χ4v) is 2.47. The average Bonchev–Trinajstić information content (AvgIpc) is 2.61. The Kier molecular flexibility index (Phi) is 6.54. The summed E-state index contributed by atoms with van der Waals surface area (Å²) < 4.78 is 5.22. The first kappa shape index (κ1) is 19.7. The molecular weight excluding hydrogens is 383 g/mol. The van der Waals surface area contributed by atoms with Gasteiger partial charge in [0.25, 0.3) is 5.91 Å². The molecule has 0 heterocycles. The van der Waals surface area contributed by atoms with Crippen molar-refractivity contribution in [3.05, 3.63) is 67.7 Å². The van der Waals surface area contributed by atoms with Crippen LogP contribution in [0.1, 0.15) is 28.9 Å². The largest absolute Gasteiger partial charge is 0.477 e. The lowest BCUT2D eigenvalue weighted by atomic mass is 10.1. The topological polar surface area (TPSA) is 98.5 Å². The van der Waals surface area contributed by atoms with Crippen LogP contribution in [0.15, 0.2) is 36.4 Å². The standard InChI is InChI=1S/C17H14Cl2N2O5/c1-10(12-3-4-13(18)14(19)7-12)20-17(23)9-26-16-5-2-11(8-22)6-15(16)21(24)25/h2-8,10H,9H2,1H3,(H,20,23)/t10-/m0/s1. The number of rotatable bonds is 7. The highest BCUT2D eigenvalue weighted by Gasteiger charge is 2.18. The van der Waals surface area contributed by atoms with Crippen molar-refractivity contribution < 1.29 is 19.2 Å². The van der Waals surface area contributed by atoms with E-state index in [1.165, 1.54) is 12.1 Å². The molecule has 0 unspecified atom stereocenters. The zero-order chi connectivity index (χ0) is 19.3. The fourth-order valence-electron chi connectivity index (χ4n) is 2.16. The van der Waals surface area contributed by atoms with Crippen LogP contribution in [-0.4, -0.2) is 23.7 Å². The third kappa shape index (κ3) is 4.93. The van der Waals surface area contributed by atoms with Gasteiger partial charge in [-0.05, 0) is 36.8 Å². The number of carbonyl (C=O) groups is 2. The van der Waals surface area contributed by atoms with E-state index in [1.807, 2.05) is 0 Å². The van der Waals surface area contributed by atoms with E-state index in [9.17, 15) is 19.7 Å². The van der Waals surface area contributed by atoms with Crippen LogP contribution in [0.2, 0.25) is 10.0 Å². The summed E-state index contributed by atoms with van der Waals surface area (Å²) in [5.74, 6) is -0.574. The molecule has 0 aliphatic heterocycles. The number of aldehydes is 1. The van der Waals surface area contributed by atoms with Gasteiger partial charge in [-0.25, -0.2) is 0 Å². The molecule has 1 amide bonds. The second kappa shape index (κ2) is 8.64. The van der Waals surface area contributed by atoms with Crippen molar-refractivity contribution in [2.75, 3.05) is 6.61 Å². The van der Waals surface area contributed by atoms with Gasteiger partial charge in [-0.2, -0.15) is 0 Å². The number of amides is 1. The number of nitrogens with one attached hydrogen (secondary N) is 1. The Labute approximate surface area is 159 Å². The number of nitrogens with zero attached hydrogens (tertiary/aromatic N) is 1. The van der Waals surface area contributed by atoms with Crippen molar-refractivity contribution in [2.45, 2.75) is 13.0 Å². The molecule has 2 rings (SSSR count). The van der Waals surface area contributed by atoms with Crippen molar-refractivity contribution >= 4 is 41.1 Å². The zero-order valence-corrected chi connectivity index (χ0v) is 15.1. The molecule has 7 nitrogen and oxygen atoms in total. The lowest BCUT2D eigenvalue weighted by Gasteiger charge is -2.15. The van der Waals surface area contributed by atoms with Crippen LogP contribution in [0.4, 0.5) is 5.69 Å². The predicted octanol–water partition coefficient (Wildman–Crippen LogP) is 3.97. The van der Waals surface area contributed by atoms with Crippen LogP contribution < -0.4 is 10.1 Å². The molecule has 2 aromatic rings. The highest BCUT2D eigenvalue weighted by atomic mass is 35.5. The molecule has 0 fully saturated rings. The van der Waals surface area contributed by atoms with E-state index in [2.05, 4.69) is 5.32 Å².